The number of rotatable bonds is 17. The van der Waals surface area contributed by atoms with Crippen LogP contribution in [0.5, 0.6) is 11.5 Å². The van der Waals surface area contributed by atoms with E-state index in [0.29, 0.717) is 130 Å². The molecule has 1 aliphatic carbocycles. The number of pyridine rings is 4. The van der Waals surface area contributed by atoms with Crippen molar-refractivity contribution in [2.24, 2.45) is 11.8 Å². The van der Waals surface area contributed by atoms with Crippen molar-refractivity contribution in [1.29, 1.82) is 10.5 Å². The Labute approximate surface area is 431 Å². The molecular weight excluding hydrogens is 935 g/mol. The van der Waals surface area contributed by atoms with E-state index in [1.54, 1.807) is 38.7 Å². The quantitative estimate of drug-likeness (QED) is 0.112. The van der Waals surface area contributed by atoms with Gasteiger partial charge >= 0.3 is 0 Å². The molecule has 2 saturated heterocycles. The number of piperazine rings is 2. The van der Waals surface area contributed by atoms with E-state index in [9.17, 15) is 25.2 Å². The van der Waals surface area contributed by atoms with Gasteiger partial charge in [0.05, 0.1) is 79.2 Å². The molecule has 9 rings (SSSR count). The Bertz CT molecular complexity index is 3170. The Balaban J connectivity index is 0.695. The Hall–Kier alpha value is -8.16. The van der Waals surface area contributed by atoms with E-state index >= 15 is 0 Å². The van der Waals surface area contributed by atoms with Crippen molar-refractivity contribution in [3.8, 4) is 69.6 Å². The fourth-order valence-corrected chi connectivity index (χ4v) is 9.63. The molecule has 3 fully saturated rings. The van der Waals surface area contributed by atoms with Gasteiger partial charge in [-0.3, -0.25) is 14.5 Å². The van der Waals surface area contributed by atoms with Crippen LogP contribution in [0.25, 0.3) is 33.3 Å². The van der Waals surface area contributed by atoms with Gasteiger partial charge in [-0.1, -0.05) is 11.8 Å². The molecule has 18 nitrogen and oxygen atoms in total. The third-order valence-corrected chi connectivity index (χ3v) is 13.8. The highest BCUT2D eigenvalue weighted by Crippen LogP contribution is 2.43. The number of aliphatic hydroxyl groups excluding tert-OH is 1. The van der Waals surface area contributed by atoms with Crippen molar-refractivity contribution in [3.63, 3.8) is 0 Å². The smallest absolute Gasteiger partial charge is 0.225 e. The number of hydrogen-bond acceptors (Lipinski definition) is 14. The van der Waals surface area contributed by atoms with Gasteiger partial charge in [0.25, 0.3) is 0 Å². The van der Waals surface area contributed by atoms with Crippen LogP contribution in [0.1, 0.15) is 63.0 Å². The van der Waals surface area contributed by atoms with E-state index in [0.717, 1.165) is 53.2 Å². The average Bonchev–Trinajstić information content (AvgIpc) is 3.81. The predicted octanol–water partition coefficient (Wildman–Crippen LogP) is 5.53. The Morgan fingerprint density at radius 1 is 0.730 bits per heavy atom. The molecule has 6 aromatic heterocycles. The first-order chi connectivity index (χ1) is 36.1. The van der Waals surface area contributed by atoms with Crippen LogP contribution in [0.3, 0.4) is 0 Å². The molecule has 1 saturated carbocycles. The highest BCUT2D eigenvalue weighted by atomic mass is 16.5. The summed E-state index contributed by atoms with van der Waals surface area (Å²) in [5.41, 5.74) is 5.64. The summed E-state index contributed by atoms with van der Waals surface area (Å²) in [6.45, 7) is 8.51. The van der Waals surface area contributed by atoms with Gasteiger partial charge in [-0.25, -0.2) is 19.0 Å². The first-order valence-corrected chi connectivity index (χ1v) is 25.4. The molecule has 6 aromatic rings. The molecule has 3 atom stereocenters. The molecule has 380 valence electrons. The summed E-state index contributed by atoms with van der Waals surface area (Å²) in [6.07, 6.45) is 13.6. The highest BCUT2D eigenvalue weighted by Gasteiger charge is 2.35. The fourth-order valence-electron chi connectivity index (χ4n) is 9.63. The second kappa shape index (κ2) is 23.6. The lowest BCUT2D eigenvalue weighted by atomic mass is 10.1. The molecule has 1 N–H and O–H groups in total. The molecule has 3 aliphatic rings. The van der Waals surface area contributed by atoms with Crippen molar-refractivity contribution in [1.82, 2.24) is 43.9 Å². The van der Waals surface area contributed by atoms with E-state index in [1.165, 1.54) is 0 Å². The molecule has 2 aliphatic heterocycles. The number of nitriles is 2. The Morgan fingerprint density at radius 3 is 1.82 bits per heavy atom. The van der Waals surface area contributed by atoms with E-state index < -0.39 is 6.10 Å². The lowest BCUT2D eigenvalue weighted by Crippen LogP contribution is -2.49. The lowest BCUT2D eigenvalue weighted by Gasteiger charge is -2.35. The summed E-state index contributed by atoms with van der Waals surface area (Å²) in [5, 5.41) is 38.8. The topological polar surface area (TPSA) is 197 Å². The maximum Gasteiger partial charge on any atom is 0.225 e. The molecule has 0 radical (unpaired) electrons. The van der Waals surface area contributed by atoms with Crippen LogP contribution in [-0.4, -0.2) is 153 Å². The summed E-state index contributed by atoms with van der Waals surface area (Å²) in [5.74, 6) is 16.6. The molecule has 8 heterocycles. The molecular formula is C56H61N13O5. The highest BCUT2D eigenvalue weighted by molar-refractivity contribution is 5.86. The van der Waals surface area contributed by atoms with Gasteiger partial charge in [0.1, 0.15) is 35.3 Å². The van der Waals surface area contributed by atoms with E-state index in [1.807, 2.05) is 79.6 Å². The van der Waals surface area contributed by atoms with E-state index in [2.05, 4.69) is 55.8 Å². The van der Waals surface area contributed by atoms with Crippen LogP contribution in [0, 0.1) is 58.2 Å². The fraction of sp³-hybridized carbons (Fsp3) is 0.429. The molecule has 0 bridgehead atoms. The molecule has 74 heavy (non-hydrogen) atoms. The third kappa shape index (κ3) is 12.2. The summed E-state index contributed by atoms with van der Waals surface area (Å²) < 4.78 is 15.4. The second-order valence-electron chi connectivity index (χ2n) is 19.2. The molecule has 2 amide bonds. The zero-order valence-corrected chi connectivity index (χ0v) is 42.3. The van der Waals surface area contributed by atoms with Crippen LogP contribution in [-0.2, 0) is 9.59 Å². The van der Waals surface area contributed by atoms with Gasteiger partial charge in [0, 0.05) is 113 Å². The van der Waals surface area contributed by atoms with Gasteiger partial charge in [-0.05, 0) is 82.1 Å². The van der Waals surface area contributed by atoms with Crippen LogP contribution >= 0.6 is 0 Å². The van der Waals surface area contributed by atoms with Gasteiger partial charge < -0.3 is 34.2 Å². The zero-order valence-electron chi connectivity index (χ0n) is 42.3. The zero-order chi connectivity index (χ0) is 51.6. The molecule has 0 aromatic carbocycles. The van der Waals surface area contributed by atoms with Crippen molar-refractivity contribution < 1.29 is 24.2 Å². The number of anilines is 2. The van der Waals surface area contributed by atoms with Gasteiger partial charge in [0.2, 0.25) is 11.8 Å². The van der Waals surface area contributed by atoms with Crippen molar-refractivity contribution in [3.05, 3.63) is 84.7 Å². The monoisotopic (exact) mass is 995 g/mol. The number of fused-ring (bicyclic) bond motifs is 2. The number of aliphatic hydroxyl groups is 1. The Kier molecular flexibility index (Phi) is 16.2. The van der Waals surface area contributed by atoms with Crippen LogP contribution < -0.4 is 19.3 Å². The molecule has 0 spiro atoms. The number of amides is 2. The lowest BCUT2D eigenvalue weighted by molar-refractivity contribution is -0.133. The van der Waals surface area contributed by atoms with Crippen molar-refractivity contribution in [2.75, 3.05) is 96.0 Å². The van der Waals surface area contributed by atoms with Crippen LogP contribution in [0.4, 0.5) is 11.6 Å². The summed E-state index contributed by atoms with van der Waals surface area (Å²) in [4.78, 5) is 45.6. The molecule has 18 heteroatoms. The van der Waals surface area contributed by atoms with Crippen LogP contribution in [0.15, 0.2) is 73.6 Å². The SMILES string of the molecule is CCOc1cc(-c2ccc(N3CCN(C(=O)CCC#CCC4CC4CCOc4cc(-c5ccc(N6CCN(C(=O)CC(O)CC#CCN(C)C)CC6)nc5)c5c(C#N)cnn5c4)CC3)nc2)c2c(C#N)cnn2c1. The first-order valence-electron chi connectivity index (χ1n) is 25.4. The van der Waals surface area contributed by atoms with Gasteiger partial charge in [-0.2, -0.15) is 20.7 Å². The van der Waals surface area contributed by atoms with Crippen molar-refractivity contribution in [2.45, 2.75) is 58.0 Å². The number of hydrogen-bond donors (Lipinski definition) is 1. The maximum atomic E-state index is 13.1. The van der Waals surface area contributed by atoms with Crippen LogP contribution in [0.2, 0.25) is 0 Å². The van der Waals surface area contributed by atoms with Crippen molar-refractivity contribution >= 4 is 34.5 Å². The number of ether oxygens (including phenoxy) is 2. The molecule has 3 unspecified atom stereocenters. The third-order valence-electron chi connectivity index (χ3n) is 13.8. The van der Waals surface area contributed by atoms with E-state index in [-0.39, 0.29) is 24.7 Å². The number of aromatic nitrogens is 6. The Morgan fingerprint density at radius 2 is 1.30 bits per heavy atom. The summed E-state index contributed by atoms with van der Waals surface area (Å²) in [6, 6.07) is 16.3. The number of nitrogens with zero attached hydrogens (tertiary/aromatic N) is 13. The summed E-state index contributed by atoms with van der Waals surface area (Å²) >= 11 is 0. The normalized spacial score (nSPS) is 16.7. The first kappa shape index (κ1) is 50.8. The average molecular weight is 996 g/mol. The minimum atomic E-state index is -0.786. The minimum Gasteiger partial charge on any atom is -0.492 e. The minimum absolute atomic E-state index is 0.0563. The standard InChI is InChI=1S/C56H61N13O5/c1-4-73-47-30-49(55-44(32-57)36-61-68(55)38-47)42-13-15-51(59-34-42)64-19-23-66(24-20-64)53(71)12-7-5-6-10-40-28-41(40)17-27-74-48-31-50(56-45(33-58)37-62-69(56)39-48)43-14-16-52(60-35-43)65-21-25-67(26-22-65)54(72)29-46(70)11-8-9-18-63(2)3/h13-16,30-31,34-41,46,70H,4,7,10-12,17-29H2,1-3H3. The number of carbonyl (C=O) groups is 2. The van der Waals surface area contributed by atoms with Gasteiger partial charge in [-0.15, -0.1) is 11.8 Å². The summed E-state index contributed by atoms with van der Waals surface area (Å²) in [7, 11) is 3.87. The predicted molar refractivity (Wildman–Crippen MR) is 280 cm³/mol. The number of carbonyl (C=O) groups excluding carboxylic acids is 2. The maximum absolute atomic E-state index is 13.1. The van der Waals surface area contributed by atoms with Gasteiger partial charge in [0.15, 0.2) is 0 Å². The van der Waals surface area contributed by atoms with E-state index in [4.69, 9.17) is 19.4 Å². The second-order valence-corrected chi connectivity index (χ2v) is 19.2. The largest absolute Gasteiger partial charge is 0.492 e.